The van der Waals surface area contributed by atoms with E-state index in [1.54, 1.807) is 10.7 Å². The van der Waals surface area contributed by atoms with Crippen LogP contribution in [0.2, 0.25) is 5.02 Å². The van der Waals surface area contributed by atoms with Crippen molar-refractivity contribution in [3.8, 4) is 5.75 Å². The Morgan fingerprint density at radius 3 is 2.69 bits per heavy atom. The third-order valence-corrected chi connectivity index (χ3v) is 6.92. The summed E-state index contributed by atoms with van der Waals surface area (Å²) in [4.78, 5) is 21.6. The molecule has 1 aliphatic rings. The number of benzene rings is 1. The summed E-state index contributed by atoms with van der Waals surface area (Å²) in [7, 11) is 0. The highest BCUT2D eigenvalue weighted by Crippen LogP contribution is 2.50. The van der Waals surface area contributed by atoms with Crippen LogP contribution < -0.4 is 10.5 Å². The Kier molecular flexibility index (Phi) is 6.29. The minimum absolute atomic E-state index is 0.0611. The number of carboxylic acid groups (broad SMARTS) is 1. The second-order valence-electron chi connectivity index (χ2n) is 9.95. The van der Waals surface area contributed by atoms with Gasteiger partial charge in [-0.25, -0.2) is 23.8 Å². The number of nitrogens with zero attached hydrogens (tertiary/aromatic N) is 5. The quantitative estimate of drug-likeness (QED) is 0.501. The molecule has 188 valence electrons. The number of rotatable bonds is 5. The highest BCUT2D eigenvalue weighted by Gasteiger charge is 2.51. The van der Waals surface area contributed by atoms with Crippen LogP contribution in [0.4, 0.5) is 15.0 Å². The summed E-state index contributed by atoms with van der Waals surface area (Å²) >= 11 is 6.42. The Labute approximate surface area is 208 Å². The summed E-state index contributed by atoms with van der Waals surface area (Å²) in [6.45, 7) is 11.8. The van der Waals surface area contributed by atoms with Gasteiger partial charge in [-0.2, -0.15) is 5.10 Å². The molecule has 4 rings (SSSR count). The van der Waals surface area contributed by atoms with Crippen molar-refractivity contribution < 1.29 is 19.0 Å². The summed E-state index contributed by atoms with van der Waals surface area (Å²) in [6.07, 6.45) is 0.336. The number of amides is 1. The predicted molar refractivity (Wildman–Crippen MR) is 132 cm³/mol. The van der Waals surface area contributed by atoms with Gasteiger partial charge in [-0.1, -0.05) is 32.4 Å². The average molecular weight is 505 g/mol. The molecule has 0 saturated carbocycles. The zero-order valence-electron chi connectivity index (χ0n) is 20.6. The number of ether oxygens (including phenoxy) is 1. The zero-order chi connectivity index (χ0) is 25.8. The smallest absolute Gasteiger partial charge is 0.407 e. The van der Waals surface area contributed by atoms with Gasteiger partial charge in [0.2, 0.25) is 0 Å². The van der Waals surface area contributed by atoms with Gasteiger partial charge in [-0.3, -0.25) is 0 Å². The fourth-order valence-electron chi connectivity index (χ4n) is 5.19. The lowest BCUT2D eigenvalue weighted by molar-refractivity contribution is -0.00362. The third kappa shape index (κ3) is 4.03. The molecule has 3 N–H and O–H groups in total. The number of carbonyl (C=O) groups is 1. The fourth-order valence-corrected chi connectivity index (χ4v) is 5.41. The summed E-state index contributed by atoms with van der Waals surface area (Å²) in [5.74, 6) is -0.339. The molecular weight excluding hydrogens is 475 g/mol. The molecule has 0 bridgehead atoms. The van der Waals surface area contributed by atoms with Crippen molar-refractivity contribution in [2.24, 2.45) is 5.41 Å². The molecule has 11 heteroatoms. The van der Waals surface area contributed by atoms with Crippen molar-refractivity contribution in [1.82, 2.24) is 24.6 Å². The molecule has 3 aromatic rings. The molecule has 1 amide bonds. The maximum absolute atomic E-state index is 15.7. The van der Waals surface area contributed by atoms with Gasteiger partial charge in [0.15, 0.2) is 5.65 Å². The van der Waals surface area contributed by atoms with E-state index < -0.39 is 35.3 Å². The maximum Gasteiger partial charge on any atom is 0.407 e. The van der Waals surface area contributed by atoms with E-state index in [-0.39, 0.29) is 18.2 Å². The molecule has 1 aromatic carbocycles. The van der Waals surface area contributed by atoms with E-state index in [4.69, 9.17) is 22.1 Å². The predicted octanol–water partition coefficient (Wildman–Crippen LogP) is 5.01. The van der Waals surface area contributed by atoms with Gasteiger partial charge in [-0.15, -0.1) is 0 Å². The molecule has 0 aliphatic carbocycles. The number of halogens is 2. The van der Waals surface area contributed by atoms with Gasteiger partial charge < -0.3 is 20.5 Å². The summed E-state index contributed by atoms with van der Waals surface area (Å²) < 4.78 is 23.4. The summed E-state index contributed by atoms with van der Waals surface area (Å²) in [5, 5.41) is 14.9. The Hall–Kier alpha value is -3.14. The number of hydrogen-bond acceptors (Lipinski definition) is 6. The molecule has 3 heterocycles. The second kappa shape index (κ2) is 8.82. The van der Waals surface area contributed by atoms with Crippen LogP contribution in [0, 0.1) is 18.2 Å². The summed E-state index contributed by atoms with van der Waals surface area (Å²) in [6, 6.07) is 0.654. The highest BCUT2D eigenvalue weighted by atomic mass is 35.5. The number of anilines is 1. The van der Waals surface area contributed by atoms with E-state index in [0.29, 0.717) is 39.4 Å². The van der Waals surface area contributed by atoms with Crippen LogP contribution in [0.5, 0.6) is 5.75 Å². The Bertz CT molecular complexity index is 1300. The SMILES string of the molecule is CCOc1c(C(C)n2nc(C)c3c(N)ncnc32)cc(Cl)c(F)c1C1CN(C(=O)O)C1C(C)(C)C. The van der Waals surface area contributed by atoms with Gasteiger partial charge in [0, 0.05) is 29.6 Å². The van der Waals surface area contributed by atoms with Crippen molar-refractivity contribution in [2.75, 3.05) is 18.9 Å². The lowest BCUT2D eigenvalue weighted by Gasteiger charge is -2.53. The van der Waals surface area contributed by atoms with E-state index >= 15 is 4.39 Å². The minimum atomic E-state index is -1.04. The van der Waals surface area contributed by atoms with Crippen LogP contribution in [-0.4, -0.2) is 55.0 Å². The Morgan fingerprint density at radius 2 is 2.09 bits per heavy atom. The first-order valence-corrected chi connectivity index (χ1v) is 11.9. The van der Waals surface area contributed by atoms with E-state index in [9.17, 15) is 9.90 Å². The third-order valence-electron chi connectivity index (χ3n) is 6.65. The number of nitrogens with two attached hydrogens (primary N) is 1. The zero-order valence-corrected chi connectivity index (χ0v) is 21.4. The van der Waals surface area contributed by atoms with E-state index in [1.807, 2.05) is 41.5 Å². The largest absolute Gasteiger partial charge is 0.493 e. The molecule has 35 heavy (non-hydrogen) atoms. The van der Waals surface area contributed by atoms with Gasteiger partial charge in [0.1, 0.15) is 23.7 Å². The van der Waals surface area contributed by atoms with Crippen LogP contribution in [0.3, 0.4) is 0 Å². The van der Waals surface area contributed by atoms with Crippen LogP contribution in [0.15, 0.2) is 12.4 Å². The number of nitrogen functional groups attached to an aromatic ring is 1. The minimum Gasteiger partial charge on any atom is -0.493 e. The van der Waals surface area contributed by atoms with Gasteiger partial charge in [0.05, 0.1) is 28.8 Å². The standard InChI is InChI=1S/C24H30ClFN6O3/c1-7-35-19-13(12(3)32-22-16(11(2)30-32)21(27)28-10-29-22)8-15(25)18(26)17(19)14-9-31(23(33)34)20(14)24(4,5)6/h8,10,12,14,20H,7,9H2,1-6H3,(H,33,34)(H2,27,28,29). The molecule has 3 unspecified atom stereocenters. The van der Waals surface area contributed by atoms with E-state index in [1.165, 1.54) is 11.2 Å². The van der Waals surface area contributed by atoms with Crippen molar-refractivity contribution in [2.45, 2.75) is 59.5 Å². The Morgan fingerprint density at radius 1 is 1.40 bits per heavy atom. The maximum atomic E-state index is 15.7. The monoisotopic (exact) mass is 504 g/mol. The number of aromatic nitrogens is 4. The van der Waals surface area contributed by atoms with Crippen molar-refractivity contribution in [3.63, 3.8) is 0 Å². The van der Waals surface area contributed by atoms with Crippen molar-refractivity contribution in [3.05, 3.63) is 40.1 Å². The molecule has 3 atom stereocenters. The van der Waals surface area contributed by atoms with E-state index in [0.717, 1.165) is 0 Å². The lowest BCUT2D eigenvalue weighted by atomic mass is 9.69. The number of aryl methyl sites for hydroxylation is 1. The molecule has 2 aromatic heterocycles. The molecule has 1 saturated heterocycles. The van der Waals surface area contributed by atoms with Crippen LogP contribution in [-0.2, 0) is 0 Å². The first-order valence-electron chi connectivity index (χ1n) is 11.5. The topological polar surface area (TPSA) is 119 Å². The summed E-state index contributed by atoms with van der Waals surface area (Å²) in [5.41, 5.74) is 7.75. The number of fused-ring (bicyclic) bond motifs is 1. The molecular formula is C24H30ClFN6O3. The molecule has 9 nitrogen and oxygen atoms in total. The molecule has 0 radical (unpaired) electrons. The van der Waals surface area contributed by atoms with Crippen LogP contribution >= 0.6 is 11.6 Å². The average Bonchev–Trinajstić information content (AvgIpc) is 3.07. The van der Waals surface area contributed by atoms with Gasteiger partial charge in [0.25, 0.3) is 0 Å². The number of hydrogen-bond donors (Lipinski definition) is 2. The number of likely N-dealkylation sites (tertiary alicyclic amines) is 1. The molecule has 1 aliphatic heterocycles. The van der Waals surface area contributed by atoms with Crippen molar-refractivity contribution >= 4 is 34.5 Å². The van der Waals surface area contributed by atoms with Crippen LogP contribution in [0.1, 0.15) is 63.4 Å². The van der Waals surface area contributed by atoms with Gasteiger partial charge in [-0.05, 0) is 32.3 Å². The fraction of sp³-hybridized carbons (Fsp3) is 0.500. The van der Waals surface area contributed by atoms with Crippen LogP contribution in [0.25, 0.3) is 11.0 Å². The first kappa shape index (κ1) is 25.0. The highest BCUT2D eigenvalue weighted by molar-refractivity contribution is 6.31. The molecule has 0 spiro atoms. The Balaban J connectivity index is 1.91. The molecule has 1 fully saturated rings. The first-order chi connectivity index (χ1) is 16.4. The second-order valence-corrected chi connectivity index (χ2v) is 10.4. The van der Waals surface area contributed by atoms with E-state index in [2.05, 4.69) is 15.1 Å². The van der Waals surface area contributed by atoms with Gasteiger partial charge >= 0.3 is 6.09 Å². The normalized spacial score (nSPS) is 19.0. The van der Waals surface area contributed by atoms with Crippen molar-refractivity contribution in [1.29, 1.82) is 0 Å². The lowest BCUT2D eigenvalue weighted by Crippen LogP contribution is -2.62.